The Morgan fingerprint density at radius 2 is 2.21 bits per heavy atom. The number of halogens is 2. The molecule has 2 rings (SSSR count). The van der Waals surface area contributed by atoms with Crippen molar-refractivity contribution in [2.45, 2.75) is 6.42 Å². The lowest BCUT2D eigenvalue weighted by atomic mass is 10.2. The Balaban J connectivity index is 0.00000288. The number of rotatable bonds is 8. The van der Waals surface area contributed by atoms with Crippen molar-refractivity contribution in [3.05, 3.63) is 40.1 Å². The minimum absolute atomic E-state index is 0. The Labute approximate surface area is 149 Å². The first kappa shape index (κ1) is 20.3. The Hall–Kier alpha value is -1.74. The highest BCUT2D eigenvalue weighted by Crippen LogP contribution is 2.22. The lowest BCUT2D eigenvalue weighted by Gasteiger charge is -2.08. The number of benzene rings is 1. The van der Waals surface area contributed by atoms with E-state index in [0.717, 1.165) is 5.01 Å². The second-order valence-electron chi connectivity index (χ2n) is 4.61. The molecule has 0 bridgehead atoms. The number of thiazole rings is 1. The molecule has 1 amide bonds. The lowest BCUT2D eigenvalue weighted by molar-refractivity contribution is 0.102. The largest absolute Gasteiger partial charge is 0.488 e. The van der Waals surface area contributed by atoms with Gasteiger partial charge in [0.2, 0.25) is 0 Å². The summed E-state index contributed by atoms with van der Waals surface area (Å²) >= 11 is 1.37. The Morgan fingerprint density at radius 1 is 1.42 bits per heavy atom. The second-order valence-corrected chi connectivity index (χ2v) is 5.55. The molecule has 6 nitrogen and oxygen atoms in total. The van der Waals surface area contributed by atoms with E-state index in [-0.39, 0.29) is 24.8 Å². The van der Waals surface area contributed by atoms with Gasteiger partial charge in [-0.3, -0.25) is 4.79 Å². The third-order valence-electron chi connectivity index (χ3n) is 2.88. The Morgan fingerprint density at radius 3 is 2.88 bits per heavy atom. The van der Waals surface area contributed by atoms with Crippen LogP contribution in [0.1, 0.15) is 15.5 Å². The molecular formula is C15H19ClFN3O3S. The molecule has 0 unspecified atom stereocenters. The number of carbonyl (C=O) groups excluding carboxylic acids is 1. The third kappa shape index (κ3) is 5.72. The van der Waals surface area contributed by atoms with E-state index in [4.69, 9.17) is 15.2 Å². The number of hydrogen-bond donors (Lipinski definition) is 2. The van der Waals surface area contributed by atoms with Gasteiger partial charge in [-0.05, 0) is 18.7 Å². The molecule has 3 N–H and O–H groups in total. The number of anilines is 1. The number of methoxy groups -OCH3 is 1. The normalized spacial score (nSPS) is 10.1. The zero-order valence-electron chi connectivity index (χ0n) is 13.1. The number of nitrogens with zero attached hydrogens (tertiary/aromatic N) is 1. The summed E-state index contributed by atoms with van der Waals surface area (Å²) in [5.41, 5.74) is 6.07. The molecule has 1 aromatic heterocycles. The summed E-state index contributed by atoms with van der Waals surface area (Å²) in [6.45, 7) is 1.10. The van der Waals surface area contributed by atoms with Gasteiger partial charge < -0.3 is 20.5 Å². The van der Waals surface area contributed by atoms with Crippen molar-refractivity contribution >= 4 is 35.3 Å². The topological polar surface area (TPSA) is 86.5 Å². The third-order valence-corrected chi connectivity index (χ3v) is 3.79. The molecule has 1 aromatic carbocycles. The Kier molecular flexibility index (Phi) is 8.62. The number of nitrogens with two attached hydrogens (primary N) is 1. The van der Waals surface area contributed by atoms with E-state index in [1.54, 1.807) is 11.4 Å². The molecule has 0 aliphatic heterocycles. The minimum atomic E-state index is -0.555. The number of carbonyl (C=O) groups is 1. The quantitative estimate of drug-likeness (QED) is 0.692. The fraction of sp³-hybridized carbons (Fsp3) is 0.333. The summed E-state index contributed by atoms with van der Waals surface area (Å²) in [6.07, 6.45) is 0.625. The summed E-state index contributed by atoms with van der Waals surface area (Å²) in [6, 6.07) is 4.23. The van der Waals surface area contributed by atoms with E-state index in [1.165, 1.54) is 30.6 Å². The fourth-order valence-corrected chi connectivity index (χ4v) is 2.57. The maximum atomic E-state index is 13.9. The first-order valence-electron chi connectivity index (χ1n) is 7.01. The fourth-order valence-electron chi connectivity index (χ4n) is 1.78. The smallest absolute Gasteiger partial charge is 0.275 e. The molecular weight excluding hydrogens is 357 g/mol. The van der Waals surface area contributed by atoms with Crippen LogP contribution in [0.15, 0.2) is 23.6 Å². The van der Waals surface area contributed by atoms with E-state index in [9.17, 15) is 9.18 Å². The van der Waals surface area contributed by atoms with E-state index in [0.29, 0.717) is 31.0 Å². The van der Waals surface area contributed by atoms with Gasteiger partial charge in [0.05, 0.1) is 11.6 Å². The second kappa shape index (κ2) is 10.2. The summed E-state index contributed by atoms with van der Waals surface area (Å²) < 4.78 is 23.9. The molecule has 0 aliphatic rings. The molecule has 0 saturated heterocycles. The van der Waals surface area contributed by atoms with Crippen LogP contribution in [0, 0.1) is 5.82 Å². The van der Waals surface area contributed by atoms with Crippen LogP contribution in [0.5, 0.6) is 5.75 Å². The minimum Gasteiger partial charge on any atom is -0.488 e. The lowest BCUT2D eigenvalue weighted by Crippen LogP contribution is -2.13. The zero-order valence-corrected chi connectivity index (χ0v) is 14.7. The first-order chi connectivity index (χ1) is 11.1. The van der Waals surface area contributed by atoms with Crippen molar-refractivity contribution in [3.8, 4) is 5.75 Å². The molecule has 0 saturated carbocycles. The van der Waals surface area contributed by atoms with Crippen molar-refractivity contribution in [3.63, 3.8) is 0 Å². The predicted molar refractivity (Wildman–Crippen MR) is 93.8 cm³/mol. The molecule has 24 heavy (non-hydrogen) atoms. The van der Waals surface area contributed by atoms with Gasteiger partial charge in [0, 0.05) is 30.7 Å². The van der Waals surface area contributed by atoms with Crippen LogP contribution in [0.2, 0.25) is 0 Å². The highest BCUT2D eigenvalue weighted by Gasteiger charge is 2.12. The maximum absolute atomic E-state index is 13.9. The van der Waals surface area contributed by atoms with Gasteiger partial charge in [0.25, 0.3) is 5.91 Å². The number of ether oxygens (including phenoxy) is 2. The van der Waals surface area contributed by atoms with Crippen molar-refractivity contribution in [2.75, 3.05) is 32.2 Å². The van der Waals surface area contributed by atoms with Crippen LogP contribution in [0.4, 0.5) is 10.1 Å². The van der Waals surface area contributed by atoms with Gasteiger partial charge in [-0.1, -0.05) is 0 Å². The van der Waals surface area contributed by atoms with Crippen LogP contribution in [0.25, 0.3) is 0 Å². The standard InChI is InChI=1S/C15H18FN3O3S.ClH/c1-21-6-7-22-13-3-2-10(8-11(13)16)18-15(20)12-9-23-14(19-12)4-5-17;/h2-3,8-9H,4-7,17H2,1H3,(H,18,20);1H. The number of amides is 1. The molecule has 0 aliphatic carbocycles. The van der Waals surface area contributed by atoms with Crippen molar-refractivity contribution < 1.29 is 18.7 Å². The van der Waals surface area contributed by atoms with Crippen molar-refractivity contribution in [1.29, 1.82) is 0 Å². The van der Waals surface area contributed by atoms with Crippen LogP contribution >= 0.6 is 23.7 Å². The van der Waals surface area contributed by atoms with E-state index in [1.807, 2.05) is 0 Å². The monoisotopic (exact) mass is 375 g/mol. The summed E-state index contributed by atoms with van der Waals surface area (Å²) in [7, 11) is 1.54. The molecule has 132 valence electrons. The Bertz CT molecular complexity index is 669. The molecule has 2 aromatic rings. The van der Waals surface area contributed by atoms with Gasteiger partial charge >= 0.3 is 0 Å². The number of hydrogen-bond acceptors (Lipinski definition) is 6. The summed E-state index contributed by atoms with van der Waals surface area (Å²) in [4.78, 5) is 16.3. The van der Waals surface area contributed by atoms with Crippen LogP contribution in [0.3, 0.4) is 0 Å². The average molecular weight is 376 g/mol. The van der Waals surface area contributed by atoms with Crippen molar-refractivity contribution in [1.82, 2.24) is 4.98 Å². The van der Waals surface area contributed by atoms with Gasteiger partial charge in [0.15, 0.2) is 11.6 Å². The number of nitrogens with one attached hydrogen (secondary N) is 1. The van der Waals surface area contributed by atoms with Crippen LogP contribution in [-0.4, -0.2) is 37.8 Å². The average Bonchev–Trinajstić information content (AvgIpc) is 2.99. The van der Waals surface area contributed by atoms with Gasteiger partial charge in [-0.15, -0.1) is 23.7 Å². The summed E-state index contributed by atoms with van der Waals surface area (Å²) in [5.74, 6) is -0.836. The molecule has 0 spiro atoms. The molecule has 0 radical (unpaired) electrons. The first-order valence-corrected chi connectivity index (χ1v) is 7.89. The zero-order chi connectivity index (χ0) is 16.7. The SMILES string of the molecule is COCCOc1ccc(NC(=O)c2csc(CCN)n2)cc1F.Cl. The molecule has 0 fully saturated rings. The van der Waals surface area contributed by atoms with E-state index in [2.05, 4.69) is 10.3 Å². The van der Waals surface area contributed by atoms with Crippen LogP contribution in [-0.2, 0) is 11.2 Å². The predicted octanol–water partition coefficient (Wildman–Crippen LogP) is 2.48. The van der Waals surface area contributed by atoms with Gasteiger partial charge in [0.1, 0.15) is 12.3 Å². The highest BCUT2D eigenvalue weighted by molar-refractivity contribution is 7.09. The van der Waals surface area contributed by atoms with Crippen LogP contribution < -0.4 is 15.8 Å². The summed E-state index contributed by atoms with van der Waals surface area (Å²) in [5, 5.41) is 5.05. The van der Waals surface area contributed by atoms with E-state index >= 15 is 0 Å². The van der Waals surface area contributed by atoms with Crippen molar-refractivity contribution in [2.24, 2.45) is 5.73 Å². The van der Waals surface area contributed by atoms with Gasteiger partial charge in [-0.25, -0.2) is 9.37 Å². The highest BCUT2D eigenvalue weighted by atomic mass is 35.5. The molecule has 1 heterocycles. The van der Waals surface area contributed by atoms with E-state index < -0.39 is 11.7 Å². The number of aromatic nitrogens is 1. The molecule has 0 atom stereocenters. The van der Waals surface area contributed by atoms with Gasteiger partial charge in [-0.2, -0.15) is 0 Å². The maximum Gasteiger partial charge on any atom is 0.275 e. The molecule has 9 heteroatoms.